The predicted octanol–water partition coefficient (Wildman–Crippen LogP) is 7.53. The molecule has 1 aliphatic heterocycles. The van der Waals surface area contributed by atoms with Crippen LogP contribution in [0.25, 0.3) is 49.4 Å². The Bertz CT molecular complexity index is 1840. The Labute approximate surface area is 235 Å². The molecule has 0 N–H and O–H groups in total. The first-order valence-corrected chi connectivity index (χ1v) is 12.3. The summed E-state index contributed by atoms with van der Waals surface area (Å²) in [5, 5.41) is 5.18. The number of anilines is 1. The summed E-state index contributed by atoms with van der Waals surface area (Å²) in [5.74, 6) is 0. The van der Waals surface area contributed by atoms with Crippen LogP contribution in [0.1, 0.15) is 0 Å². The van der Waals surface area contributed by atoms with Crippen LogP contribution in [-0.2, 0) is 20.1 Å². The number of pyridine rings is 1. The zero-order valence-electron chi connectivity index (χ0n) is 20.7. The molecule has 0 saturated heterocycles. The molecule has 0 bridgehead atoms. The van der Waals surface area contributed by atoms with Crippen LogP contribution in [0.15, 0.2) is 116 Å². The minimum Gasteiger partial charge on any atom is -0.510 e. The summed E-state index contributed by atoms with van der Waals surface area (Å²) < 4.78 is 2.40. The Balaban J connectivity index is 0.000000172. The van der Waals surface area contributed by atoms with Crippen LogP contribution in [0.5, 0.6) is 0 Å². The molecule has 8 rings (SSSR count). The summed E-state index contributed by atoms with van der Waals surface area (Å²) in [4.78, 5) is 8.36. The minimum absolute atomic E-state index is 0. The van der Waals surface area contributed by atoms with Gasteiger partial charge in [-0.1, -0.05) is 54.0 Å². The van der Waals surface area contributed by atoms with E-state index in [0.717, 1.165) is 16.9 Å². The van der Waals surface area contributed by atoms with Gasteiger partial charge in [0.25, 0.3) is 0 Å². The number of benzene rings is 4. The molecule has 4 aromatic carbocycles. The molecule has 3 aromatic heterocycles. The molecule has 4 heterocycles. The molecule has 0 saturated carbocycles. The molecule has 0 radical (unpaired) electrons. The van der Waals surface area contributed by atoms with Crippen molar-refractivity contribution in [3.05, 3.63) is 134 Å². The quantitative estimate of drug-likeness (QED) is 0.178. The van der Waals surface area contributed by atoms with Crippen molar-refractivity contribution in [1.29, 1.82) is 0 Å². The molecule has 38 heavy (non-hydrogen) atoms. The summed E-state index contributed by atoms with van der Waals surface area (Å²) in [6.07, 6.45) is 5.89. The Kier molecular flexibility index (Phi) is 6.32. The molecule has 0 aliphatic carbocycles. The van der Waals surface area contributed by atoms with Gasteiger partial charge < -0.3 is 19.2 Å². The maximum Gasteiger partial charge on any atom is 3.00 e. The standard InChI is InChI=1S/C22H15N3.C11H8N.Ir/c1-23-11-12-24(14-23)15-9-10-17-19-7-4-6-18-16-5-2-3-8-20(16)25(22(18)19)21(17)13-15;1-2-6-10(7-3-1)11-8-4-5-9-12-11;/h2-8,10-14H,1H3;1-6,8-9H;/q-2;-1;+3. The van der Waals surface area contributed by atoms with E-state index in [1.807, 2.05) is 60.6 Å². The fourth-order valence-corrected chi connectivity index (χ4v) is 5.17. The van der Waals surface area contributed by atoms with E-state index in [1.165, 1.54) is 38.1 Å². The number of hydrogen-bond acceptors (Lipinski definition) is 3. The zero-order valence-corrected chi connectivity index (χ0v) is 23.1. The Morgan fingerprint density at radius 2 is 1.53 bits per heavy atom. The van der Waals surface area contributed by atoms with Gasteiger partial charge in [0.2, 0.25) is 0 Å². The van der Waals surface area contributed by atoms with E-state index in [1.54, 1.807) is 6.20 Å². The summed E-state index contributed by atoms with van der Waals surface area (Å²) in [6.45, 7) is 2.06. The monoisotopic (exact) mass is 668 g/mol. The number of aromatic nitrogens is 2. The molecular weight excluding hydrogens is 645 g/mol. The van der Waals surface area contributed by atoms with Crippen LogP contribution in [0.2, 0.25) is 0 Å². The molecule has 0 amide bonds. The van der Waals surface area contributed by atoms with Gasteiger partial charge >= 0.3 is 20.1 Å². The molecule has 0 spiro atoms. The molecule has 4 nitrogen and oxygen atoms in total. The normalized spacial score (nSPS) is 12.9. The van der Waals surface area contributed by atoms with Gasteiger partial charge in [0.05, 0.1) is 5.52 Å². The fraction of sp³-hybridized carbons (Fsp3) is 0.0303. The number of rotatable bonds is 2. The van der Waals surface area contributed by atoms with Crippen LogP contribution >= 0.6 is 0 Å². The second-order valence-electron chi connectivity index (χ2n) is 9.15. The van der Waals surface area contributed by atoms with Crippen molar-refractivity contribution in [1.82, 2.24) is 14.3 Å². The Hall–Kier alpha value is -4.18. The van der Waals surface area contributed by atoms with E-state index in [9.17, 15) is 0 Å². The molecule has 0 atom stereocenters. The zero-order chi connectivity index (χ0) is 24.8. The average molecular weight is 668 g/mol. The molecule has 5 heteroatoms. The van der Waals surface area contributed by atoms with Crippen LogP contribution in [0.3, 0.4) is 0 Å². The number of nitrogens with zero attached hydrogens (tertiary/aromatic N) is 4. The molecule has 1 aliphatic rings. The number of hydrogen-bond donors (Lipinski definition) is 0. The Morgan fingerprint density at radius 1 is 0.737 bits per heavy atom. The van der Waals surface area contributed by atoms with Crippen LogP contribution in [0, 0.1) is 18.8 Å². The molecular formula is C33H23IrN4. The van der Waals surface area contributed by atoms with Gasteiger partial charge in [-0.3, -0.25) is 0 Å². The van der Waals surface area contributed by atoms with Gasteiger partial charge in [-0.25, -0.2) is 0 Å². The summed E-state index contributed by atoms with van der Waals surface area (Å²) >= 11 is 0. The van der Waals surface area contributed by atoms with Crippen molar-refractivity contribution in [3.63, 3.8) is 0 Å². The summed E-state index contributed by atoms with van der Waals surface area (Å²) in [6, 6.07) is 39.9. The third kappa shape index (κ3) is 4.01. The topological polar surface area (TPSA) is 23.8 Å². The van der Waals surface area contributed by atoms with Crippen molar-refractivity contribution in [2.45, 2.75) is 0 Å². The van der Waals surface area contributed by atoms with E-state index in [2.05, 4.69) is 93.9 Å². The third-order valence-electron chi connectivity index (χ3n) is 6.84. The number of fused-ring (bicyclic) bond motifs is 6. The van der Waals surface area contributed by atoms with Gasteiger partial charge in [0, 0.05) is 22.5 Å². The average Bonchev–Trinajstić information content (AvgIpc) is 3.65. The maximum absolute atomic E-state index is 4.22. The first kappa shape index (κ1) is 24.2. The minimum atomic E-state index is 0. The van der Waals surface area contributed by atoms with Crippen LogP contribution in [0.4, 0.5) is 5.69 Å². The first-order chi connectivity index (χ1) is 18.3. The second kappa shape index (κ2) is 9.94. The molecule has 0 fully saturated rings. The summed E-state index contributed by atoms with van der Waals surface area (Å²) in [7, 11) is 2.03. The van der Waals surface area contributed by atoms with Crippen molar-refractivity contribution in [3.8, 4) is 11.3 Å². The van der Waals surface area contributed by atoms with Gasteiger partial charge in [0.15, 0.2) is 0 Å². The van der Waals surface area contributed by atoms with Crippen molar-refractivity contribution >= 4 is 43.8 Å². The largest absolute Gasteiger partial charge is 3.00 e. The van der Waals surface area contributed by atoms with E-state index in [-0.39, 0.29) is 20.1 Å². The van der Waals surface area contributed by atoms with Gasteiger partial charge in [-0.05, 0) is 42.7 Å². The number of para-hydroxylation sites is 2. The van der Waals surface area contributed by atoms with Gasteiger partial charge in [-0.2, -0.15) is 18.8 Å². The smallest absolute Gasteiger partial charge is 0.510 e. The van der Waals surface area contributed by atoms with E-state index >= 15 is 0 Å². The molecule has 7 aromatic rings. The van der Waals surface area contributed by atoms with E-state index < -0.39 is 0 Å². The van der Waals surface area contributed by atoms with Crippen LogP contribution in [-0.4, -0.2) is 21.3 Å². The molecule has 0 unspecified atom stereocenters. The first-order valence-electron chi connectivity index (χ1n) is 12.3. The maximum atomic E-state index is 4.22. The van der Waals surface area contributed by atoms with E-state index in [4.69, 9.17) is 0 Å². The summed E-state index contributed by atoms with van der Waals surface area (Å²) in [5.41, 5.74) is 6.87. The van der Waals surface area contributed by atoms with E-state index in [0.29, 0.717) is 0 Å². The predicted molar refractivity (Wildman–Crippen MR) is 152 cm³/mol. The van der Waals surface area contributed by atoms with Crippen molar-refractivity contribution in [2.75, 3.05) is 11.9 Å². The van der Waals surface area contributed by atoms with Crippen LogP contribution < -0.4 is 4.90 Å². The van der Waals surface area contributed by atoms with Crippen molar-refractivity contribution < 1.29 is 20.1 Å². The fourth-order valence-electron chi connectivity index (χ4n) is 5.17. The van der Waals surface area contributed by atoms with Crippen molar-refractivity contribution in [2.24, 2.45) is 0 Å². The van der Waals surface area contributed by atoms with Gasteiger partial charge in [-0.15, -0.1) is 53.0 Å². The van der Waals surface area contributed by atoms with Gasteiger partial charge in [0.1, 0.15) is 0 Å². The SMILES string of the molecule is CN1C=CN(c2[c-]cc3c4cccc5c6ccccc6n(c3c2)c54)[CH-]1.[Ir+3].[c-]1ccccc1-c1ccccn1. The second-order valence-corrected chi connectivity index (χ2v) is 9.15. The molecule has 184 valence electrons. The Morgan fingerprint density at radius 3 is 2.29 bits per heavy atom. The third-order valence-corrected chi connectivity index (χ3v) is 6.84.